The van der Waals surface area contributed by atoms with E-state index in [2.05, 4.69) is 15.6 Å². The quantitative estimate of drug-likeness (QED) is 0.586. The Morgan fingerprint density at radius 1 is 1.16 bits per heavy atom. The van der Waals surface area contributed by atoms with Crippen molar-refractivity contribution in [3.05, 3.63) is 51.4 Å². The zero-order valence-electron chi connectivity index (χ0n) is 16.6. The molecule has 0 radical (unpaired) electrons. The third-order valence-electron chi connectivity index (χ3n) is 5.20. The minimum absolute atomic E-state index is 0.00692. The molecule has 0 aliphatic heterocycles. The van der Waals surface area contributed by atoms with Crippen molar-refractivity contribution >= 4 is 38.8 Å². The van der Waals surface area contributed by atoms with Gasteiger partial charge in [0.15, 0.2) is 0 Å². The number of anilines is 2. The van der Waals surface area contributed by atoms with Gasteiger partial charge in [0.25, 0.3) is 5.56 Å². The van der Waals surface area contributed by atoms with Crippen LogP contribution in [-0.2, 0) is 24.2 Å². The summed E-state index contributed by atoms with van der Waals surface area (Å²) in [6.07, 6.45) is 1.10. The Hall–Kier alpha value is -2.88. The number of nitrogens with one attached hydrogen (secondary N) is 2. The molecule has 0 saturated carbocycles. The lowest BCUT2D eigenvalue weighted by Gasteiger charge is -2.14. The Bertz CT molecular complexity index is 1170. The topological polar surface area (TPSA) is 76.0 Å². The molecule has 2 aromatic heterocycles. The van der Waals surface area contributed by atoms with Crippen LogP contribution in [0.3, 0.4) is 0 Å². The number of hydrogen-bond donors (Lipinski definition) is 2. The van der Waals surface area contributed by atoms with Crippen LogP contribution < -0.4 is 16.2 Å². The average molecular weight is 450 g/mol. The number of rotatable bonds is 6. The van der Waals surface area contributed by atoms with Crippen LogP contribution in [0.25, 0.3) is 10.2 Å². The van der Waals surface area contributed by atoms with Crippen LogP contribution in [0.15, 0.2) is 35.4 Å². The van der Waals surface area contributed by atoms with Gasteiger partial charge < -0.3 is 10.6 Å². The number of hydrogen-bond acceptors (Lipinski definition) is 5. The van der Waals surface area contributed by atoms with E-state index in [1.807, 2.05) is 0 Å². The van der Waals surface area contributed by atoms with E-state index in [1.165, 1.54) is 27.9 Å². The van der Waals surface area contributed by atoms with Crippen LogP contribution in [0, 0.1) is 0 Å². The third kappa shape index (κ3) is 4.90. The minimum atomic E-state index is -4.37. The molecular formula is C21H21F3N4O2S. The molecule has 1 aliphatic rings. The number of nitrogens with zero attached hydrogens (tertiary/aromatic N) is 2. The molecule has 6 nitrogen and oxygen atoms in total. The summed E-state index contributed by atoms with van der Waals surface area (Å²) in [7, 11) is 0. The number of carbonyl (C=O) groups excluding carboxylic acids is 1. The van der Waals surface area contributed by atoms with Crippen molar-refractivity contribution in [3.63, 3.8) is 0 Å². The number of aryl methyl sites for hydroxylation is 3. The molecule has 0 spiro atoms. The van der Waals surface area contributed by atoms with Crippen LogP contribution in [0.4, 0.5) is 24.5 Å². The molecule has 3 aromatic rings. The highest BCUT2D eigenvalue weighted by atomic mass is 32.1. The lowest BCUT2D eigenvalue weighted by molar-refractivity contribution is -0.116. The first-order valence-corrected chi connectivity index (χ1v) is 10.8. The molecule has 0 bridgehead atoms. The number of benzene rings is 1. The predicted octanol–water partition coefficient (Wildman–Crippen LogP) is 4.34. The van der Waals surface area contributed by atoms with Gasteiger partial charge in [-0.15, -0.1) is 11.3 Å². The summed E-state index contributed by atoms with van der Waals surface area (Å²) >= 11 is 1.57. The van der Waals surface area contributed by atoms with E-state index < -0.39 is 18.6 Å². The zero-order valence-corrected chi connectivity index (χ0v) is 17.4. The molecule has 31 heavy (non-hydrogen) atoms. The van der Waals surface area contributed by atoms with Gasteiger partial charge in [0.05, 0.1) is 23.1 Å². The lowest BCUT2D eigenvalue weighted by atomic mass is 9.97. The number of halogens is 3. The molecule has 0 unspecified atom stereocenters. The normalized spacial score (nSPS) is 13.8. The van der Waals surface area contributed by atoms with Crippen molar-refractivity contribution in [3.8, 4) is 0 Å². The van der Waals surface area contributed by atoms with Crippen molar-refractivity contribution in [2.45, 2.75) is 44.8 Å². The van der Waals surface area contributed by atoms with E-state index in [0.29, 0.717) is 5.39 Å². The molecule has 0 fully saturated rings. The van der Waals surface area contributed by atoms with Gasteiger partial charge in [-0.05, 0) is 43.4 Å². The van der Waals surface area contributed by atoms with Gasteiger partial charge in [-0.3, -0.25) is 14.2 Å². The van der Waals surface area contributed by atoms with Crippen molar-refractivity contribution in [1.82, 2.24) is 9.55 Å². The molecule has 2 N–H and O–H groups in total. The highest BCUT2D eigenvalue weighted by Gasteiger charge is 2.27. The van der Waals surface area contributed by atoms with Crippen molar-refractivity contribution < 1.29 is 18.0 Å². The first kappa shape index (κ1) is 21.4. The van der Waals surface area contributed by atoms with Gasteiger partial charge in [-0.1, -0.05) is 12.1 Å². The fraction of sp³-hybridized carbons (Fsp3) is 0.381. The van der Waals surface area contributed by atoms with Crippen LogP contribution in [-0.4, -0.2) is 28.2 Å². The van der Waals surface area contributed by atoms with Gasteiger partial charge in [-0.2, -0.15) is 13.2 Å². The second kappa shape index (κ2) is 8.70. The second-order valence-corrected chi connectivity index (χ2v) is 8.53. The summed E-state index contributed by atoms with van der Waals surface area (Å²) in [6.45, 7) is -1.07. The number of amides is 1. The molecule has 1 amide bonds. The van der Waals surface area contributed by atoms with Crippen molar-refractivity contribution in [2.75, 3.05) is 17.2 Å². The molecule has 0 atom stereocenters. The number of fused-ring (bicyclic) bond motifs is 3. The fourth-order valence-electron chi connectivity index (χ4n) is 3.72. The number of alkyl halides is 3. The standard InChI is InChI=1S/C21H21F3N4O2S/c22-21(23,24)11-25-14-6-2-3-7-15(14)27-17(29)9-10-28-12-26-19-18(20(28)30)13-5-1-4-8-16(13)31-19/h2-3,6-7,12,25H,1,4-5,8-11H2,(H,27,29). The Morgan fingerprint density at radius 2 is 1.90 bits per heavy atom. The molecular weight excluding hydrogens is 429 g/mol. The van der Waals surface area contributed by atoms with Crippen molar-refractivity contribution in [2.24, 2.45) is 0 Å². The molecule has 2 heterocycles. The van der Waals surface area contributed by atoms with E-state index in [0.717, 1.165) is 36.1 Å². The SMILES string of the molecule is O=C(CCn1cnc2sc3c(c2c1=O)CCCC3)Nc1ccccc1NCC(F)(F)F. The van der Waals surface area contributed by atoms with Gasteiger partial charge in [0.2, 0.25) is 5.91 Å². The largest absolute Gasteiger partial charge is 0.405 e. The Balaban J connectivity index is 1.45. The third-order valence-corrected chi connectivity index (χ3v) is 6.40. The first-order chi connectivity index (χ1) is 14.8. The van der Waals surface area contributed by atoms with E-state index in [1.54, 1.807) is 23.5 Å². The Morgan fingerprint density at radius 3 is 2.68 bits per heavy atom. The van der Waals surface area contributed by atoms with Gasteiger partial charge in [0.1, 0.15) is 11.4 Å². The van der Waals surface area contributed by atoms with Gasteiger partial charge in [0, 0.05) is 17.8 Å². The highest BCUT2D eigenvalue weighted by Crippen LogP contribution is 2.33. The molecule has 4 rings (SSSR count). The highest BCUT2D eigenvalue weighted by molar-refractivity contribution is 7.18. The Labute approximate surface area is 180 Å². The maximum Gasteiger partial charge on any atom is 0.405 e. The summed E-state index contributed by atoms with van der Waals surface area (Å²) in [5.41, 5.74) is 1.37. The van der Waals surface area contributed by atoms with E-state index in [-0.39, 0.29) is 29.9 Å². The predicted molar refractivity (Wildman–Crippen MR) is 115 cm³/mol. The number of para-hydroxylation sites is 2. The van der Waals surface area contributed by atoms with Gasteiger partial charge in [-0.25, -0.2) is 4.98 Å². The van der Waals surface area contributed by atoms with Crippen LogP contribution in [0.1, 0.15) is 29.7 Å². The maximum absolute atomic E-state index is 12.9. The lowest BCUT2D eigenvalue weighted by Crippen LogP contribution is -2.25. The Kier molecular flexibility index (Phi) is 5.99. The van der Waals surface area contributed by atoms with Crippen molar-refractivity contribution in [1.29, 1.82) is 0 Å². The summed E-state index contributed by atoms with van der Waals surface area (Å²) < 4.78 is 38.9. The molecule has 1 aromatic carbocycles. The minimum Gasteiger partial charge on any atom is -0.375 e. The van der Waals surface area contributed by atoms with Crippen LogP contribution in [0.2, 0.25) is 0 Å². The second-order valence-electron chi connectivity index (χ2n) is 7.45. The van der Waals surface area contributed by atoms with E-state index in [4.69, 9.17) is 0 Å². The monoisotopic (exact) mass is 450 g/mol. The van der Waals surface area contributed by atoms with E-state index >= 15 is 0 Å². The maximum atomic E-state index is 12.9. The summed E-state index contributed by atoms with van der Waals surface area (Å²) in [6, 6.07) is 6.18. The summed E-state index contributed by atoms with van der Waals surface area (Å²) in [4.78, 5) is 31.7. The van der Waals surface area contributed by atoms with Crippen LogP contribution in [0.5, 0.6) is 0 Å². The first-order valence-electron chi connectivity index (χ1n) is 10.0. The molecule has 10 heteroatoms. The van der Waals surface area contributed by atoms with Gasteiger partial charge >= 0.3 is 6.18 Å². The average Bonchev–Trinajstić information content (AvgIpc) is 3.11. The zero-order chi connectivity index (χ0) is 22.0. The van der Waals surface area contributed by atoms with Crippen LogP contribution >= 0.6 is 11.3 Å². The smallest absolute Gasteiger partial charge is 0.375 e. The number of carbonyl (C=O) groups is 1. The summed E-state index contributed by atoms with van der Waals surface area (Å²) in [5, 5.41) is 5.56. The molecule has 164 valence electrons. The number of aromatic nitrogens is 2. The molecule has 1 aliphatic carbocycles. The molecule has 0 saturated heterocycles. The fourth-order valence-corrected chi connectivity index (χ4v) is 4.94. The summed E-state index contributed by atoms with van der Waals surface area (Å²) in [5.74, 6) is -0.402. The van der Waals surface area contributed by atoms with E-state index in [9.17, 15) is 22.8 Å². The number of thiophene rings is 1.